The van der Waals surface area contributed by atoms with E-state index in [4.69, 9.17) is 0 Å². The van der Waals surface area contributed by atoms with Gasteiger partial charge in [0.2, 0.25) is 5.95 Å². The molecule has 3 N–H and O–H groups in total. The van der Waals surface area contributed by atoms with Crippen molar-refractivity contribution in [2.45, 2.75) is 19.9 Å². The molecule has 0 fully saturated rings. The van der Waals surface area contributed by atoms with Crippen LogP contribution < -0.4 is 10.6 Å². The van der Waals surface area contributed by atoms with E-state index in [0.29, 0.717) is 28.7 Å². The van der Waals surface area contributed by atoms with Crippen LogP contribution in [-0.4, -0.2) is 32.7 Å². The van der Waals surface area contributed by atoms with Crippen LogP contribution in [0.3, 0.4) is 0 Å². The van der Waals surface area contributed by atoms with Crippen molar-refractivity contribution in [1.82, 2.24) is 15.0 Å². The molecule has 2 aromatic heterocycles. The third kappa shape index (κ3) is 4.31. The zero-order valence-corrected chi connectivity index (χ0v) is 14.6. The molecule has 0 saturated heterocycles. The Labute approximate surface area is 151 Å². The zero-order valence-electron chi connectivity index (χ0n) is 14.6. The highest BCUT2D eigenvalue weighted by Crippen LogP contribution is 2.23. The van der Waals surface area contributed by atoms with E-state index >= 15 is 0 Å². The fourth-order valence-corrected chi connectivity index (χ4v) is 2.36. The van der Waals surface area contributed by atoms with Crippen molar-refractivity contribution in [3.8, 4) is 11.4 Å². The van der Waals surface area contributed by atoms with Crippen LogP contribution in [0.15, 0.2) is 48.7 Å². The number of hydrogen-bond acceptors (Lipinski definition) is 6. The van der Waals surface area contributed by atoms with Crippen LogP contribution in [0.4, 0.5) is 21.8 Å². The number of anilines is 3. The summed E-state index contributed by atoms with van der Waals surface area (Å²) in [7, 11) is 0. The molecule has 0 bridgehead atoms. The van der Waals surface area contributed by atoms with Gasteiger partial charge in [0.15, 0.2) is 0 Å². The predicted octanol–water partition coefficient (Wildman–Crippen LogP) is 3.52. The maximum atomic E-state index is 13.5. The Morgan fingerprint density at radius 1 is 1.12 bits per heavy atom. The van der Waals surface area contributed by atoms with E-state index in [-0.39, 0.29) is 18.5 Å². The van der Waals surface area contributed by atoms with Crippen LogP contribution in [0.5, 0.6) is 0 Å². The highest BCUT2D eigenvalue weighted by atomic mass is 19.1. The monoisotopic (exact) mass is 353 g/mol. The number of nitrogens with one attached hydrogen (secondary N) is 2. The fraction of sp³-hybridized carbons (Fsp3) is 0.211. The van der Waals surface area contributed by atoms with Gasteiger partial charge in [0.1, 0.15) is 11.6 Å². The van der Waals surface area contributed by atoms with E-state index in [1.165, 1.54) is 6.07 Å². The summed E-state index contributed by atoms with van der Waals surface area (Å²) in [4.78, 5) is 13.2. The molecule has 0 saturated carbocycles. The summed E-state index contributed by atoms with van der Waals surface area (Å²) in [6.45, 7) is 3.49. The van der Waals surface area contributed by atoms with Gasteiger partial charge in [-0.1, -0.05) is 6.07 Å². The molecular weight excluding hydrogens is 333 g/mol. The number of rotatable bonds is 6. The van der Waals surface area contributed by atoms with Crippen LogP contribution in [0, 0.1) is 12.7 Å². The van der Waals surface area contributed by atoms with Gasteiger partial charge in [-0.25, -0.2) is 9.37 Å². The van der Waals surface area contributed by atoms with Gasteiger partial charge in [-0.3, -0.25) is 4.98 Å². The zero-order chi connectivity index (χ0) is 18.5. The summed E-state index contributed by atoms with van der Waals surface area (Å²) >= 11 is 0. The van der Waals surface area contributed by atoms with E-state index in [1.807, 2.05) is 25.1 Å². The summed E-state index contributed by atoms with van der Waals surface area (Å²) in [6.07, 6.45) is 1.69. The first kappa shape index (κ1) is 17.8. The number of aliphatic hydroxyl groups is 1. The van der Waals surface area contributed by atoms with Crippen molar-refractivity contribution in [3.63, 3.8) is 0 Å². The second-order valence-corrected chi connectivity index (χ2v) is 5.99. The number of pyridine rings is 1. The fourth-order valence-electron chi connectivity index (χ4n) is 2.36. The van der Waals surface area contributed by atoms with E-state index in [2.05, 4.69) is 25.6 Å². The Morgan fingerprint density at radius 2 is 1.96 bits per heavy atom. The molecule has 3 aromatic rings. The average molecular weight is 353 g/mol. The molecule has 0 amide bonds. The van der Waals surface area contributed by atoms with Crippen molar-refractivity contribution >= 4 is 17.5 Å². The first-order valence-corrected chi connectivity index (χ1v) is 8.26. The molecule has 0 aliphatic heterocycles. The van der Waals surface area contributed by atoms with Gasteiger partial charge >= 0.3 is 0 Å². The highest BCUT2D eigenvalue weighted by molar-refractivity contribution is 5.65. The summed E-state index contributed by atoms with van der Waals surface area (Å²) in [5.41, 5.74) is 2.60. The maximum absolute atomic E-state index is 13.5. The van der Waals surface area contributed by atoms with Gasteiger partial charge in [-0.05, 0) is 49.7 Å². The van der Waals surface area contributed by atoms with Crippen molar-refractivity contribution in [2.75, 3.05) is 17.2 Å². The molecule has 2 heterocycles. The van der Waals surface area contributed by atoms with Gasteiger partial charge < -0.3 is 15.7 Å². The summed E-state index contributed by atoms with van der Waals surface area (Å²) in [6, 6.07) is 11.9. The minimum Gasteiger partial charge on any atom is -0.394 e. The number of benzene rings is 1. The molecule has 134 valence electrons. The molecule has 26 heavy (non-hydrogen) atoms. The molecular formula is C19H20FN5O. The van der Waals surface area contributed by atoms with Gasteiger partial charge in [0.25, 0.3) is 0 Å². The quantitative estimate of drug-likeness (QED) is 0.629. The molecule has 0 unspecified atom stereocenters. The Bertz CT molecular complexity index is 888. The number of halogens is 1. The maximum Gasteiger partial charge on any atom is 0.225 e. The van der Waals surface area contributed by atoms with Crippen molar-refractivity contribution in [1.29, 1.82) is 0 Å². The van der Waals surface area contributed by atoms with Gasteiger partial charge in [-0.15, -0.1) is 0 Å². The lowest BCUT2D eigenvalue weighted by Crippen LogP contribution is -2.21. The van der Waals surface area contributed by atoms with E-state index in [0.717, 1.165) is 5.69 Å². The molecule has 1 atom stereocenters. The molecule has 6 nitrogen and oxygen atoms in total. The molecule has 0 aliphatic carbocycles. The summed E-state index contributed by atoms with van der Waals surface area (Å²) in [5, 5.41) is 15.5. The summed E-state index contributed by atoms with van der Waals surface area (Å²) < 4.78 is 13.5. The number of hydrogen-bond donors (Lipinski definition) is 3. The minimum atomic E-state index is -0.258. The van der Waals surface area contributed by atoms with Crippen LogP contribution in [0.1, 0.15) is 12.5 Å². The standard InChI is InChI=1S/C19H20FN5O/c1-12-9-14(6-7-15(12)20)23-18-10-17(16-5-3-4-8-21-16)24-19(25-18)22-13(2)11-26/h3-10,13,26H,11H2,1-2H3,(H2,22,23,24,25)/t13-/m1/s1. The average Bonchev–Trinajstić information content (AvgIpc) is 2.65. The minimum absolute atomic E-state index is 0.0446. The molecule has 0 spiro atoms. The lowest BCUT2D eigenvalue weighted by Gasteiger charge is -2.14. The molecule has 0 radical (unpaired) electrons. The van der Waals surface area contributed by atoms with Crippen LogP contribution in [0.25, 0.3) is 11.4 Å². The van der Waals surface area contributed by atoms with Crippen LogP contribution in [0.2, 0.25) is 0 Å². The lowest BCUT2D eigenvalue weighted by molar-refractivity contribution is 0.281. The SMILES string of the molecule is Cc1cc(Nc2cc(-c3ccccn3)nc(N[C@H](C)CO)n2)ccc1F. The predicted molar refractivity (Wildman–Crippen MR) is 99.9 cm³/mol. The first-order valence-electron chi connectivity index (χ1n) is 8.26. The summed E-state index contributed by atoms with van der Waals surface area (Å²) in [5.74, 6) is 0.655. The Hall–Kier alpha value is -3.06. The second kappa shape index (κ2) is 7.88. The van der Waals surface area contributed by atoms with E-state index < -0.39 is 0 Å². The largest absolute Gasteiger partial charge is 0.394 e. The molecule has 0 aliphatic rings. The molecule has 7 heteroatoms. The normalized spacial score (nSPS) is 11.8. The highest BCUT2D eigenvalue weighted by Gasteiger charge is 2.10. The third-order valence-electron chi connectivity index (χ3n) is 3.73. The Morgan fingerprint density at radius 3 is 2.65 bits per heavy atom. The van der Waals surface area contributed by atoms with Crippen molar-refractivity contribution in [3.05, 3.63) is 60.0 Å². The van der Waals surface area contributed by atoms with Gasteiger partial charge in [-0.2, -0.15) is 4.98 Å². The number of aromatic nitrogens is 3. The number of aryl methyl sites for hydroxylation is 1. The van der Waals surface area contributed by atoms with Gasteiger partial charge in [0, 0.05) is 24.0 Å². The van der Waals surface area contributed by atoms with Crippen molar-refractivity contribution in [2.24, 2.45) is 0 Å². The topological polar surface area (TPSA) is 83.0 Å². The Balaban J connectivity index is 1.97. The first-order chi connectivity index (χ1) is 12.5. The van der Waals surface area contributed by atoms with Crippen LogP contribution in [-0.2, 0) is 0 Å². The van der Waals surface area contributed by atoms with E-state index in [9.17, 15) is 9.50 Å². The third-order valence-corrected chi connectivity index (χ3v) is 3.73. The van der Waals surface area contributed by atoms with Crippen molar-refractivity contribution < 1.29 is 9.50 Å². The van der Waals surface area contributed by atoms with Crippen LogP contribution >= 0.6 is 0 Å². The molecule has 3 rings (SSSR count). The second-order valence-electron chi connectivity index (χ2n) is 5.99. The number of nitrogens with zero attached hydrogens (tertiary/aromatic N) is 3. The molecule has 1 aromatic carbocycles. The smallest absolute Gasteiger partial charge is 0.225 e. The van der Waals surface area contributed by atoms with E-state index in [1.54, 1.807) is 31.3 Å². The Kier molecular flexibility index (Phi) is 5.38. The number of aliphatic hydroxyl groups excluding tert-OH is 1. The van der Waals surface area contributed by atoms with Gasteiger partial charge in [0.05, 0.1) is 18.0 Å². The lowest BCUT2D eigenvalue weighted by atomic mass is 10.2.